The van der Waals surface area contributed by atoms with Crippen LogP contribution in [0, 0.1) is 0 Å². The van der Waals surface area contributed by atoms with Gasteiger partial charge in [0.15, 0.2) is 0 Å². The van der Waals surface area contributed by atoms with Crippen molar-refractivity contribution < 1.29 is 9.90 Å². The molecule has 0 bridgehead atoms. The Balaban J connectivity index is 2.31. The lowest BCUT2D eigenvalue weighted by Crippen LogP contribution is -2.45. The summed E-state index contributed by atoms with van der Waals surface area (Å²) in [7, 11) is 3.93. The first-order chi connectivity index (χ1) is 9.08. The van der Waals surface area contributed by atoms with Gasteiger partial charge in [-0.25, -0.2) is 4.98 Å². The Kier molecular flexibility index (Phi) is 4.49. The fourth-order valence-electron chi connectivity index (χ4n) is 2.29. The van der Waals surface area contributed by atoms with Crippen molar-refractivity contribution >= 4 is 22.8 Å². The van der Waals surface area contributed by atoms with Crippen molar-refractivity contribution in [3.63, 3.8) is 0 Å². The Labute approximate surface area is 117 Å². The number of aliphatic hydroxyl groups is 1. The number of carbonyl (C=O) groups excluding carboxylic acids is 1. The Bertz CT molecular complexity index is 467. The average Bonchev–Trinajstić information content (AvgIpc) is 2.76. The maximum absolute atomic E-state index is 11.9. The first-order valence-electron chi connectivity index (χ1n) is 6.26. The second-order valence-corrected chi connectivity index (χ2v) is 5.49. The van der Waals surface area contributed by atoms with Crippen LogP contribution in [0.4, 0.5) is 5.95 Å². The average molecular weight is 284 g/mol. The molecule has 0 unspecified atom stereocenters. The van der Waals surface area contributed by atoms with E-state index in [1.54, 1.807) is 10.8 Å². The van der Waals surface area contributed by atoms with E-state index in [1.807, 2.05) is 7.05 Å². The maximum atomic E-state index is 11.9. The zero-order chi connectivity index (χ0) is 14.0. The number of hydrogen-bond donors (Lipinski definition) is 1. The minimum Gasteiger partial charge on any atom is -0.390 e. The van der Waals surface area contributed by atoms with Crippen LogP contribution in [0.2, 0.25) is 0 Å². The monoisotopic (exact) mass is 284 g/mol. The standard InChI is InChI=1S/C12H20N4O2S/c1-14-4-6-16(7-5-14)12-13-9(8-17)10(15(12)2)11(18)19-3/h17H,4-8H2,1-3H3. The molecule has 1 aliphatic rings. The van der Waals surface area contributed by atoms with Crippen molar-refractivity contribution in [2.24, 2.45) is 7.05 Å². The van der Waals surface area contributed by atoms with Crippen LogP contribution in [0.25, 0.3) is 0 Å². The number of hydrogen-bond acceptors (Lipinski definition) is 6. The topological polar surface area (TPSA) is 61.6 Å². The molecular weight excluding hydrogens is 264 g/mol. The van der Waals surface area contributed by atoms with Gasteiger partial charge < -0.3 is 19.5 Å². The summed E-state index contributed by atoms with van der Waals surface area (Å²) >= 11 is 1.14. The zero-order valence-corrected chi connectivity index (χ0v) is 12.4. The van der Waals surface area contributed by atoms with Crippen molar-refractivity contribution in [3.8, 4) is 0 Å². The lowest BCUT2D eigenvalue weighted by molar-refractivity contribution is 0.107. The van der Waals surface area contributed by atoms with E-state index >= 15 is 0 Å². The molecule has 7 heteroatoms. The van der Waals surface area contributed by atoms with Crippen molar-refractivity contribution in [2.75, 3.05) is 44.4 Å². The van der Waals surface area contributed by atoms with E-state index in [9.17, 15) is 9.90 Å². The van der Waals surface area contributed by atoms with Gasteiger partial charge in [0, 0.05) is 33.2 Å². The molecule has 0 aromatic carbocycles. The maximum Gasteiger partial charge on any atom is 0.237 e. The summed E-state index contributed by atoms with van der Waals surface area (Å²) < 4.78 is 1.80. The molecule has 1 saturated heterocycles. The van der Waals surface area contributed by atoms with Crippen LogP contribution in [0.1, 0.15) is 16.2 Å². The van der Waals surface area contributed by atoms with Crippen molar-refractivity contribution in [2.45, 2.75) is 6.61 Å². The number of nitrogens with zero attached hydrogens (tertiary/aromatic N) is 4. The molecule has 0 atom stereocenters. The van der Waals surface area contributed by atoms with Gasteiger partial charge in [-0.2, -0.15) is 0 Å². The van der Waals surface area contributed by atoms with Crippen LogP contribution < -0.4 is 4.90 Å². The number of likely N-dealkylation sites (N-methyl/N-ethyl adjacent to an activating group) is 1. The highest BCUT2D eigenvalue weighted by Gasteiger charge is 2.24. The van der Waals surface area contributed by atoms with Crippen LogP contribution in [-0.2, 0) is 13.7 Å². The first kappa shape index (κ1) is 14.4. The van der Waals surface area contributed by atoms with Gasteiger partial charge in [-0.3, -0.25) is 4.79 Å². The molecule has 2 heterocycles. The van der Waals surface area contributed by atoms with E-state index < -0.39 is 0 Å². The van der Waals surface area contributed by atoms with Crippen molar-refractivity contribution in [1.29, 1.82) is 0 Å². The van der Waals surface area contributed by atoms with E-state index in [0.29, 0.717) is 11.4 Å². The minimum absolute atomic E-state index is 0.0561. The van der Waals surface area contributed by atoms with Crippen LogP contribution in [-0.4, -0.2) is 64.2 Å². The number of aliphatic hydroxyl groups excluding tert-OH is 1. The van der Waals surface area contributed by atoms with Gasteiger partial charge in [-0.05, 0) is 13.3 Å². The van der Waals surface area contributed by atoms with Gasteiger partial charge in [-0.15, -0.1) is 0 Å². The van der Waals surface area contributed by atoms with Gasteiger partial charge in [0.1, 0.15) is 5.69 Å². The number of imidazole rings is 1. The number of piperazine rings is 1. The molecule has 1 fully saturated rings. The molecule has 6 nitrogen and oxygen atoms in total. The second-order valence-electron chi connectivity index (χ2n) is 4.71. The van der Waals surface area contributed by atoms with Crippen LogP contribution in [0.15, 0.2) is 0 Å². The lowest BCUT2D eigenvalue weighted by atomic mass is 10.3. The van der Waals surface area contributed by atoms with E-state index in [0.717, 1.165) is 43.9 Å². The fraction of sp³-hybridized carbons (Fsp3) is 0.667. The summed E-state index contributed by atoms with van der Waals surface area (Å²) in [5, 5.41) is 9.32. The molecule has 1 aromatic heterocycles. The normalized spacial score (nSPS) is 16.9. The number of carbonyl (C=O) groups is 1. The molecule has 1 aromatic rings. The van der Waals surface area contributed by atoms with E-state index in [2.05, 4.69) is 21.8 Å². The minimum atomic E-state index is -0.205. The predicted octanol–water partition coefficient (Wildman–Crippen LogP) is 0.167. The molecule has 0 aliphatic carbocycles. The number of thioether (sulfide) groups is 1. The largest absolute Gasteiger partial charge is 0.390 e. The number of anilines is 1. The highest BCUT2D eigenvalue weighted by molar-refractivity contribution is 8.13. The first-order valence-corrected chi connectivity index (χ1v) is 7.49. The number of aromatic nitrogens is 2. The van der Waals surface area contributed by atoms with Gasteiger partial charge >= 0.3 is 0 Å². The third-order valence-corrected chi connectivity index (χ3v) is 4.02. The summed E-state index contributed by atoms with van der Waals surface area (Å²) in [6.07, 6.45) is 1.74. The molecule has 1 N–H and O–H groups in total. The van der Waals surface area contributed by atoms with E-state index in [-0.39, 0.29) is 11.7 Å². The third-order valence-electron chi connectivity index (χ3n) is 3.46. The van der Waals surface area contributed by atoms with Crippen LogP contribution in [0.5, 0.6) is 0 Å². The molecule has 0 radical (unpaired) electrons. The quantitative estimate of drug-likeness (QED) is 0.853. The van der Waals surface area contributed by atoms with Crippen LogP contribution in [0.3, 0.4) is 0 Å². The zero-order valence-electron chi connectivity index (χ0n) is 11.6. The highest BCUT2D eigenvalue weighted by atomic mass is 32.2. The van der Waals surface area contributed by atoms with E-state index in [4.69, 9.17) is 0 Å². The second kappa shape index (κ2) is 5.94. The smallest absolute Gasteiger partial charge is 0.237 e. The summed E-state index contributed by atoms with van der Waals surface area (Å²) in [5.74, 6) is 0.773. The molecule has 106 valence electrons. The molecule has 19 heavy (non-hydrogen) atoms. The highest BCUT2D eigenvalue weighted by Crippen LogP contribution is 2.22. The van der Waals surface area contributed by atoms with Crippen molar-refractivity contribution in [1.82, 2.24) is 14.5 Å². The van der Waals surface area contributed by atoms with Gasteiger partial charge in [-0.1, -0.05) is 11.8 Å². The summed E-state index contributed by atoms with van der Waals surface area (Å²) in [5.41, 5.74) is 0.972. The van der Waals surface area contributed by atoms with Gasteiger partial charge in [0.2, 0.25) is 11.1 Å². The summed E-state index contributed by atoms with van der Waals surface area (Å²) in [4.78, 5) is 20.8. The Hall–Kier alpha value is -1.05. The van der Waals surface area contributed by atoms with Crippen molar-refractivity contribution in [3.05, 3.63) is 11.4 Å². The fourth-order valence-corrected chi connectivity index (χ4v) is 2.74. The van der Waals surface area contributed by atoms with Crippen LogP contribution >= 0.6 is 11.8 Å². The Morgan fingerprint density at radius 1 is 1.32 bits per heavy atom. The summed E-state index contributed by atoms with van der Waals surface area (Å²) in [6, 6.07) is 0. The molecule has 0 spiro atoms. The number of rotatable bonds is 3. The molecule has 0 amide bonds. The molecule has 2 rings (SSSR count). The Morgan fingerprint density at radius 2 is 1.95 bits per heavy atom. The van der Waals surface area contributed by atoms with Gasteiger partial charge in [0.25, 0.3) is 0 Å². The molecule has 1 aliphatic heterocycles. The third kappa shape index (κ3) is 2.77. The SMILES string of the molecule is CSC(=O)c1c(CO)nc(N2CCN(C)CC2)n1C. The van der Waals surface area contributed by atoms with Gasteiger partial charge in [0.05, 0.1) is 12.3 Å². The lowest BCUT2D eigenvalue weighted by Gasteiger charge is -2.33. The molecule has 0 saturated carbocycles. The van der Waals surface area contributed by atoms with E-state index in [1.165, 1.54) is 0 Å². The summed E-state index contributed by atoms with van der Waals surface area (Å²) in [6.45, 7) is 3.53. The molecular formula is C12H20N4O2S. The predicted molar refractivity (Wildman–Crippen MR) is 76.7 cm³/mol. The Morgan fingerprint density at radius 3 is 2.47 bits per heavy atom.